The number of rotatable bonds is 6. The van der Waals surface area contributed by atoms with Gasteiger partial charge >= 0.3 is 6.03 Å². The van der Waals surface area contributed by atoms with Gasteiger partial charge in [0.15, 0.2) is 0 Å². The van der Waals surface area contributed by atoms with Crippen LogP contribution in [0.1, 0.15) is 25.7 Å². The van der Waals surface area contributed by atoms with Gasteiger partial charge in [-0.2, -0.15) is 4.31 Å². The minimum absolute atomic E-state index is 0.105. The number of hydrogen-bond donors (Lipinski definition) is 2. The zero-order chi connectivity index (χ0) is 19.3. The number of benzene rings is 1. The lowest BCUT2D eigenvalue weighted by Crippen LogP contribution is -2.45. The van der Waals surface area contributed by atoms with Gasteiger partial charge in [-0.25, -0.2) is 13.2 Å². The molecule has 1 aliphatic rings. The zero-order valence-electron chi connectivity index (χ0n) is 14.7. The van der Waals surface area contributed by atoms with Crippen molar-refractivity contribution in [2.75, 3.05) is 18.4 Å². The monoisotopic (exact) mass is 427 g/mol. The van der Waals surface area contributed by atoms with Gasteiger partial charge in [-0.1, -0.05) is 36.2 Å². The Balaban J connectivity index is 1.56. The van der Waals surface area contributed by atoms with E-state index in [2.05, 4.69) is 10.6 Å². The van der Waals surface area contributed by atoms with E-state index < -0.39 is 10.0 Å². The first-order valence-corrected chi connectivity index (χ1v) is 11.5. The molecule has 3 rings (SSSR count). The second-order valence-electron chi connectivity index (χ2n) is 6.35. The van der Waals surface area contributed by atoms with Gasteiger partial charge in [0.2, 0.25) is 0 Å². The molecule has 0 bridgehead atoms. The molecule has 1 fully saturated rings. The summed E-state index contributed by atoms with van der Waals surface area (Å²) in [6.07, 6.45) is 3.23. The molecule has 1 aromatic heterocycles. The van der Waals surface area contributed by atoms with Gasteiger partial charge < -0.3 is 10.6 Å². The number of sulfonamides is 1. The molecule has 1 saturated heterocycles. The van der Waals surface area contributed by atoms with Crippen molar-refractivity contribution in [1.29, 1.82) is 0 Å². The number of nitrogens with one attached hydrogen (secondary N) is 2. The summed E-state index contributed by atoms with van der Waals surface area (Å²) in [6.45, 7) is 0.911. The fourth-order valence-electron chi connectivity index (χ4n) is 3.19. The standard InChI is InChI=1S/C18H22ClN3O3S2/c19-15-7-1-2-8-16(15)21-18(23)20-11-10-14-6-3-4-12-22(14)27(24,25)17-9-5-13-26-17/h1-2,5,7-9,13-14H,3-4,6,10-12H2,(H2,20,21,23). The van der Waals surface area contributed by atoms with Crippen molar-refractivity contribution in [3.05, 3.63) is 46.8 Å². The smallest absolute Gasteiger partial charge is 0.319 e. The lowest BCUT2D eigenvalue weighted by Gasteiger charge is -2.34. The highest BCUT2D eigenvalue weighted by atomic mass is 35.5. The van der Waals surface area contributed by atoms with Crippen LogP contribution in [-0.2, 0) is 10.0 Å². The van der Waals surface area contributed by atoms with Crippen LogP contribution < -0.4 is 10.6 Å². The van der Waals surface area contributed by atoms with E-state index in [1.54, 1.807) is 46.1 Å². The number of hydrogen-bond acceptors (Lipinski definition) is 4. The molecule has 146 valence electrons. The van der Waals surface area contributed by atoms with Crippen molar-refractivity contribution in [3.63, 3.8) is 0 Å². The van der Waals surface area contributed by atoms with Crippen LogP contribution in [0.2, 0.25) is 5.02 Å². The third-order valence-electron chi connectivity index (χ3n) is 4.52. The number of amides is 2. The molecular weight excluding hydrogens is 406 g/mol. The molecule has 1 aromatic carbocycles. The lowest BCUT2D eigenvalue weighted by molar-refractivity contribution is 0.234. The maximum absolute atomic E-state index is 12.9. The number of carbonyl (C=O) groups is 1. The molecule has 27 heavy (non-hydrogen) atoms. The Hall–Kier alpha value is -1.61. The van der Waals surface area contributed by atoms with Gasteiger partial charge in [-0.05, 0) is 42.8 Å². The van der Waals surface area contributed by atoms with Gasteiger partial charge in [-0.15, -0.1) is 11.3 Å². The maximum atomic E-state index is 12.9. The van der Waals surface area contributed by atoms with E-state index in [4.69, 9.17) is 11.6 Å². The number of nitrogens with zero attached hydrogens (tertiary/aromatic N) is 1. The van der Waals surface area contributed by atoms with Crippen LogP contribution in [0.3, 0.4) is 0 Å². The van der Waals surface area contributed by atoms with Gasteiger partial charge in [0.05, 0.1) is 10.7 Å². The van der Waals surface area contributed by atoms with E-state index in [9.17, 15) is 13.2 Å². The molecule has 2 amide bonds. The molecule has 1 atom stereocenters. The second-order valence-corrected chi connectivity index (χ2v) is 9.82. The first-order valence-electron chi connectivity index (χ1n) is 8.83. The fraction of sp³-hybridized carbons (Fsp3) is 0.389. The Kier molecular flexibility index (Phi) is 6.75. The topological polar surface area (TPSA) is 78.5 Å². The van der Waals surface area contributed by atoms with Gasteiger partial charge in [0.1, 0.15) is 4.21 Å². The van der Waals surface area contributed by atoms with Crippen LogP contribution in [0.25, 0.3) is 0 Å². The van der Waals surface area contributed by atoms with Gasteiger partial charge in [-0.3, -0.25) is 0 Å². The van der Waals surface area contributed by atoms with Crippen LogP contribution in [0.4, 0.5) is 10.5 Å². The van der Waals surface area contributed by atoms with E-state index in [1.807, 2.05) is 0 Å². The van der Waals surface area contributed by atoms with Crippen LogP contribution in [-0.4, -0.2) is 37.9 Å². The zero-order valence-corrected chi connectivity index (χ0v) is 17.1. The molecule has 9 heteroatoms. The number of para-hydroxylation sites is 1. The van der Waals surface area contributed by atoms with Crippen LogP contribution in [0.5, 0.6) is 0 Å². The molecule has 2 aromatic rings. The fourth-order valence-corrected chi connectivity index (χ4v) is 6.21. The van der Waals surface area contributed by atoms with Crippen molar-refractivity contribution in [2.45, 2.75) is 35.9 Å². The van der Waals surface area contributed by atoms with Crippen LogP contribution >= 0.6 is 22.9 Å². The summed E-state index contributed by atoms with van der Waals surface area (Å²) in [5.74, 6) is 0. The predicted molar refractivity (Wildman–Crippen MR) is 109 cm³/mol. The highest BCUT2D eigenvalue weighted by molar-refractivity contribution is 7.91. The summed E-state index contributed by atoms with van der Waals surface area (Å²) in [5, 5.41) is 7.72. The molecule has 2 N–H and O–H groups in total. The van der Waals surface area contributed by atoms with E-state index in [1.165, 1.54) is 11.3 Å². The normalized spacial score (nSPS) is 18.2. The highest BCUT2D eigenvalue weighted by Gasteiger charge is 2.33. The van der Waals surface area contributed by atoms with Crippen molar-refractivity contribution >= 4 is 44.7 Å². The van der Waals surface area contributed by atoms with E-state index in [0.29, 0.717) is 34.4 Å². The maximum Gasteiger partial charge on any atom is 0.319 e. The minimum atomic E-state index is -3.47. The Morgan fingerprint density at radius 3 is 2.78 bits per heavy atom. The summed E-state index contributed by atoms with van der Waals surface area (Å²) in [4.78, 5) is 12.1. The summed E-state index contributed by atoms with van der Waals surface area (Å²) in [5.41, 5.74) is 0.538. The van der Waals surface area contributed by atoms with Gasteiger partial charge in [0.25, 0.3) is 10.0 Å². The molecule has 1 unspecified atom stereocenters. The molecule has 0 saturated carbocycles. The SMILES string of the molecule is O=C(NCCC1CCCCN1S(=O)(=O)c1cccs1)Nc1ccccc1Cl. The summed E-state index contributed by atoms with van der Waals surface area (Å²) in [7, 11) is -3.47. The molecule has 2 heterocycles. The number of thiophene rings is 1. The number of piperidine rings is 1. The summed E-state index contributed by atoms with van der Waals surface area (Å²) >= 11 is 7.26. The van der Waals surface area contributed by atoms with E-state index >= 15 is 0 Å². The highest BCUT2D eigenvalue weighted by Crippen LogP contribution is 2.29. The third-order valence-corrected chi connectivity index (χ3v) is 8.17. The number of halogens is 1. The third kappa shape index (κ3) is 5.01. The Bertz CT molecular complexity index is 872. The average Bonchev–Trinajstić information content (AvgIpc) is 3.20. The van der Waals surface area contributed by atoms with Gasteiger partial charge in [0, 0.05) is 19.1 Å². The minimum Gasteiger partial charge on any atom is -0.338 e. The lowest BCUT2D eigenvalue weighted by atomic mass is 10.0. The molecule has 0 spiro atoms. The second kappa shape index (κ2) is 9.05. The number of carbonyl (C=O) groups excluding carboxylic acids is 1. The number of urea groups is 1. The van der Waals surface area contributed by atoms with Crippen LogP contribution in [0.15, 0.2) is 46.0 Å². The quantitative estimate of drug-likeness (QED) is 0.726. The Morgan fingerprint density at radius 1 is 1.22 bits per heavy atom. The average molecular weight is 428 g/mol. The number of anilines is 1. The van der Waals surface area contributed by atoms with Crippen molar-refractivity contribution in [3.8, 4) is 0 Å². The van der Waals surface area contributed by atoms with E-state index in [0.717, 1.165) is 19.3 Å². The summed E-state index contributed by atoms with van der Waals surface area (Å²) in [6, 6.07) is 9.93. The first-order chi connectivity index (χ1) is 13.0. The summed E-state index contributed by atoms with van der Waals surface area (Å²) < 4.78 is 27.7. The first kappa shape index (κ1) is 20.1. The van der Waals surface area contributed by atoms with Crippen molar-refractivity contribution in [1.82, 2.24) is 9.62 Å². The van der Waals surface area contributed by atoms with Crippen molar-refractivity contribution in [2.24, 2.45) is 0 Å². The molecule has 1 aliphatic heterocycles. The molecule has 6 nitrogen and oxygen atoms in total. The molecule has 0 radical (unpaired) electrons. The largest absolute Gasteiger partial charge is 0.338 e. The molecule has 0 aliphatic carbocycles. The Morgan fingerprint density at radius 2 is 2.04 bits per heavy atom. The molecular formula is C18H22ClN3O3S2. The van der Waals surface area contributed by atoms with Crippen molar-refractivity contribution < 1.29 is 13.2 Å². The Labute approximate surface area is 168 Å². The van der Waals surface area contributed by atoms with Crippen LogP contribution in [0, 0.1) is 0 Å². The predicted octanol–water partition coefficient (Wildman–Crippen LogP) is 4.16. The van der Waals surface area contributed by atoms with E-state index in [-0.39, 0.29) is 12.1 Å².